The summed E-state index contributed by atoms with van der Waals surface area (Å²) in [6.07, 6.45) is -5.54. The molecule has 1 N–H and O–H groups in total. The lowest BCUT2D eigenvalue weighted by Gasteiger charge is -2.06. The molecule has 2 nitrogen and oxygen atoms in total. The second kappa shape index (κ2) is 7.16. The Bertz CT molecular complexity index is 362. The predicted molar refractivity (Wildman–Crippen MR) is 63.1 cm³/mol. The Balaban J connectivity index is 2.09. The monoisotopic (exact) mass is 259 g/mol. The van der Waals surface area contributed by atoms with Gasteiger partial charge in [-0.1, -0.05) is 30.3 Å². The largest absolute Gasteiger partial charge is 0.389 e. The molecule has 1 aromatic carbocycles. The molecule has 18 heavy (non-hydrogen) atoms. The van der Waals surface area contributed by atoms with Gasteiger partial charge in [0.2, 0.25) is 0 Å². The molecule has 0 aliphatic rings. The third-order valence-electron chi connectivity index (χ3n) is 2.44. The maximum atomic E-state index is 11.9. The van der Waals surface area contributed by atoms with Gasteiger partial charge in [-0.05, 0) is 5.56 Å². The van der Waals surface area contributed by atoms with Crippen LogP contribution < -0.4 is 5.32 Å². The number of Topliss-reactive ketones (excluding diaryl/α,β-unsaturated/α-hetero) is 1. The van der Waals surface area contributed by atoms with E-state index in [-0.39, 0.29) is 12.2 Å². The molecular weight excluding hydrogens is 243 g/mol. The second-order valence-electron chi connectivity index (χ2n) is 4.07. The first kappa shape index (κ1) is 14.7. The van der Waals surface area contributed by atoms with Gasteiger partial charge < -0.3 is 5.32 Å². The van der Waals surface area contributed by atoms with Crippen molar-refractivity contribution in [1.82, 2.24) is 5.32 Å². The van der Waals surface area contributed by atoms with Crippen molar-refractivity contribution in [2.24, 2.45) is 0 Å². The van der Waals surface area contributed by atoms with Gasteiger partial charge in [-0.25, -0.2) is 0 Å². The zero-order valence-electron chi connectivity index (χ0n) is 9.96. The second-order valence-corrected chi connectivity index (χ2v) is 4.07. The van der Waals surface area contributed by atoms with Crippen LogP contribution in [0, 0.1) is 0 Å². The van der Waals surface area contributed by atoms with Crippen LogP contribution in [-0.2, 0) is 11.3 Å². The number of nitrogens with one attached hydrogen (secondary N) is 1. The van der Waals surface area contributed by atoms with Gasteiger partial charge in [-0.15, -0.1) is 0 Å². The number of ketones is 1. The van der Waals surface area contributed by atoms with E-state index in [4.69, 9.17) is 0 Å². The zero-order valence-corrected chi connectivity index (χ0v) is 9.96. The van der Waals surface area contributed by atoms with E-state index in [1.165, 1.54) is 0 Å². The van der Waals surface area contributed by atoms with E-state index < -0.39 is 19.0 Å². The third-order valence-corrected chi connectivity index (χ3v) is 2.44. The van der Waals surface area contributed by atoms with E-state index in [0.29, 0.717) is 13.1 Å². The third kappa shape index (κ3) is 7.06. The van der Waals surface area contributed by atoms with Gasteiger partial charge in [-0.2, -0.15) is 13.2 Å². The van der Waals surface area contributed by atoms with Gasteiger partial charge >= 0.3 is 6.18 Å². The van der Waals surface area contributed by atoms with E-state index in [0.717, 1.165) is 5.56 Å². The summed E-state index contributed by atoms with van der Waals surface area (Å²) in [7, 11) is 0. The zero-order chi connectivity index (χ0) is 13.4. The Morgan fingerprint density at radius 2 is 1.78 bits per heavy atom. The average Bonchev–Trinajstić information content (AvgIpc) is 2.33. The molecule has 1 aromatic rings. The molecule has 1 rings (SSSR count). The number of hydrogen-bond acceptors (Lipinski definition) is 2. The highest BCUT2D eigenvalue weighted by Gasteiger charge is 2.27. The first-order chi connectivity index (χ1) is 8.47. The fraction of sp³-hybridized carbons (Fsp3) is 0.462. The van der Waals surface area contributed by atoms with Gasteiger partial charge in [0.25, 0.3) is 0 Å². The van der Waals surface area contributed by atoms with E-state index >= 15 is 0 Å². The Hall–Kier alpha value is -1.36. The number of alkyl halides is 3. The molecular formula is C13H16F3NO. The Morgan fingerprint density at radius 1 is 1.11 bits per heavy atom. The summed E-state index contributed by atoms with van der Waals surface area (Å²) in [5, 5.41) is 3.03. The van der Waals surface area contributed by atoms with Crippen molar-refractivity contribution < 1.29 is 18.0 Å². The molecule has 0 heterocycles. The number of halogens is 3. The van der Waals surface area contributed by atoms with E-state index in [1.54, 1.807) is 0 Å². The van der Waals surface area contributed by atoms with Gasteiger partial charge in [-0.3, -0.25) is 4.79 Å². The highest BCUT2D eigenvalue weighted by atomic mass is 19.4. The van der Waals surface area contributed by atoms with Crippen LogP contribution in [-0.4, -0.2) is 18.5 Å². The van der Waals surface area contributed by atoms with Gasteiger partial charge in [0.15, 0.2) is 0 Å². The number of rotatable bonds is 7. The smallest absolute Gasteiger partial charge is 0.312 e. The fourth-order valence-electron chi connectivity index (χ4n) is 1.46. The van der Waals surface area contributed by atoms with Crippen LogP contribution in [0.15, 0.2) is 30.3 Å². The summed E-state index contributed by atoms with van der Waals surface area (Å²) in [5.41, 5.74) is 1.08. The molecule has 0 aromatic heterocycles. The Morgan fingerprint density at radius 3 is 2.39 bits per heavy atom. The molecule has 0 saturated heterocycles. The molecule has 0 unspecified atom stereocenters. The number of carbonyl (C=O) groups excluding carboxylic acids is 1. The van der Waals surface area contributed by atoms with Crippen molar-refractivity contribution in [2.45, 2.75) is 32.0 Å². The Kier molecular flexibility index (Phi) is 5.85. The molecule has 0 radical (unpaired) electrons. The molecule has 0 fully saturated rings. The first-order valence-electron chi connectivity index (χ1n) is 5.80. The first-order valence-corrected chi connectivity index (χ1v) is 5.80. The summed E-state index contributed by atoms with van der Waals surface area (Å²) < 4.78 is 35.6. The molecule has 0 atom stereocenters. The summed E-state index contributed by atoms with van der Waals surface area (Å²) in [4.78, 5) is 11.2. The summed E-state index contributed by atoms with van der Waals surface area (Å²) in [6.45, 7) is 1.03. The van der Waals surface area contributed by atoms with Crippen molar-refractivity contribution >= 4 is 5.78 Å². The lowest BCUT2D eigenvalue weighted by atomic mass is 10.1. The van der Waals surface area contributed by atoms with Crippen molar-refractivity contribution in [1.29, 1.82) is 0 Å². The van der Waals surface area contributed by atoms with Crippen molar-refractivity contribution in [3.63, 3.8) is 0 Å². The highest BCUT2D eigenvalue weighted by Crippen LogP contribution is 2.21. The minimum absolute atomic E-state index is 0.142. The highest BCUT2D eigenvalue weighted by molar-refractivity contribution is 5.78. The van der Waals surface area contributed by atoms with Crippen LogP contribution in [0.2, 0.25) is 0 Å². The van der Waals surface area contributed by atoms with E-state index in [1.807, 2.05) is 30.3 Å². The van der Waals surface area contributed by atoms with Crippen molar-refractivity contribution in [3.8, 4) is 0 Å². The van der Waals surface area contributed by atoms with E-state index in [2.05, 4.69) is 5.32 Å². The van der Waals surface area contributed by atoms with Gasteiger partial charge in [0, 0.05) is 25.9 Å². The van der Waals surface area contributed by atoms with Crippen LogP contribution in [0.3, 0.4) is 0 Å². The van der Waals surface area contributed by atoms with Crippen LogP contribution in [0.25, 0.3) is 0 Å². The van der Waals surface area contributed by atoms with Gasteiger partial charge in [0.1, 0.15) is 5.78 Å². The molecule has 0 spiro atoms. The van der Waals surface area contributed by atoms with Crippen LogP contribution in [0.1, 0.15) is 24.8 Å². The molecule has 0 aliphatic carbocycles. The molecule has 0 aliphatic heterocycles. The maximum Gasteiger partial charge on any atom is 0.389 e. The normalized spacial score (nSPS) is 11.5. The fourth-order valence-corrected chi connectivity index (χ4v) is 1.46. The predicted octanol–water partition coefficient (Wildman–Crippen LogP) is 3.08. The summed E-state index contributed by atoms with van der Waals surface area (Å²) >= 11 is 0. The number of carbonyl (C=O) groups is 1. The molecule has 5 heteroatoms. The lowest BCUT2D eigenvalue weighted by molar-refractivity contribution is -0.143. The maximum absolute atomic E-state index is 11.9. The molecule has 100 valence electrons. The quantitative estimate of drug-likeness (QED) is 0.762. The van der Waals surface area contributed by atoms with E-state index in [9.17, 15) is 18.0 Å². The van der Waals surface area contributed by atoms with Crippen molar-refractivity contribution in [3.05, 3.63) is 35.9 Å². The minimum Gasteiger partial charge on any atom is -0.312 e. The standard InChI is InChI=1S/C13H16F3NO/c14-13(15,16)8-6-12(18)7-9-17-10-11-4-2-1-3-5-11/h1-5,17H,6-10H2. The average molecular weight is 259 g/mol. The number of benzene rings is 1. The topological polar surface area (TPSA) is 29.1 Å². The van der Waals surface area contributed by atoms with Crippen molar-refractivity contribution in [2.75, 3.05) is 6.54 Å². The molecule has 0 saturated carbocycles. The lowest BCUT2D eigenvalue weighted by Crippen LogP contribution is -2.19. The molecule has 0 amide bonds. The van der Waals surface area contributed by atoms with Crippen LogP contribution in [0.5, 0.6) is 0 Å². The summed E-state index contributed by atoms with van der Waals surface area (Å²) in [6, 6.07) is 9.61. The molecule has 0 bridgehead atoms. The van der Waals surface area contributed by atoms with Crippen LogP contribution >= 0.6 is 0 Å². The van der Waals surface area contributed by atoms with Crippen LogP contribution in [0.4, 0.5) is 13.2 Å². The summed E-state index contributed by atoms with van der Waals surface area (Å²) in [5.74, 6) is -0.354. The van der Waals surface area contributed by atoms with Gasteiger partial charge in [0.05, 0.1) is 6.42 Å². The minimum atomic E-state index is -4.24. The Labute approximate surface area is 104 Å². The SMILES string of the molecule is O=C(CCNCc1ccccc1)CCC(F)(F)F. The number of hydrogen-bond donors (Lipinski definition) is 1.